The molecule has 1 aromatic carbocycles. The number of carbonyl (C=O) groups is 2. The molecule has 0 bridgehead atoms. The van der Waals surface area contributed by atoms with E-state index in [1.807, 2.05) is 6.07 Å². The molecule has 106 valence electrons. The highest BCUT2D eigenvalue weighted by atomic mass is 16.2. The van der Waals surface area contributed by atoms with Gasteiger partial charge in [-0.15, -0.1) is 0 Å². The first-order valence-corrected chi connectivity index (χ1v) is 7.19. The Bertz CT molecular complexity index is 520. The van der Waals surface area contributed by atoms with Crippen LogP contribution >= 0.6 is 0 Å². The summed E-state index contributed by atoms with van der Waals surface area (Å²) in [7, 11) is 0. The zero-order valence-electron chi connectivity index (χ0n) is 11.4. The Balaban J connectivity index is 1.63. The second kappa shape index (κ2) is 5.53. The van der Waals surface area contributed by atoms with Crippen molar-refractivity contribution in [3.63, 3.8) is 0 Å². The maximum Gasteiger partial charge on any atom is 0.321 e. The van der Waals surface area contributed by atoms with E-state index < -0.39 is 0 Å². The topological polar surface area (TPSA) is 61.4 Å². The lowest BCUT2D eigenvalue weighted by molar-refractivity contribution is 0.0951. The van der Waals surface area contributed by atoms with Crippen molar-refractivity contribution in [2.75, 3.05) is 18.4 Å². The summed E-state index contributed by atoms with van der Waals surface area (Å²) >= 11 is 0. The van der Waals surface area contributed by atoms with E-state index in [4.69, 9.17) is 0 Å². The van der Waals surface area contributed by atoms with Crippen LogP contribution in [0.2, 0.25) is 0 Å². The van der Waals surface area contributed by atoms with Crippen LogP contribution in [-0.4, -0.2) is 36.0 Å². The first-order chi connectivity index (χ1) is 9.72. The highest BCUT2D eigenvalue weighted by Crippen LogP contribution is 2.20. The average molecular weight is 273 g/mol. The second-order valence-electron chi connectivity index (χ2n) is 5.45. The van der Waals surface area contributed by atoms with Crippen LogP contribution in [0.15, 0.2) is 24.3 Å². The highest BCUT2D eigenvalue weighted by molar-refractivity contribution is 5.97. The molecule has 2 aliphatic rings. The van der Waals surface area contributed by atoms with Crippen molar-refractivity contribution in [1.29, 1.82) is 0 Å². The van der Waals surface area contributed by atoms with Gasteiger partial charge in [0.25, 0.3) is 5.91 Å². The van der Waals surface area contributed by atoms with Crippen molar-refractivity contribution in [3.8, 4) is 0 Å². The normalized spacial score (nSPS) is 17.9. The summed E-state index contributed by atoms with van der Waals surface area (Å²) in [5, 5.41) is 5.80. The molecule has 0 unspecified atom stereocenters. The molecule has 20 heavy (non-hydrogen) atoms. The molecule has 2 N–H and O–H groups in total. The zero-order valence-corrected chi connectivity index (χ0v) is 11.4. The van der Waals surface area contributed by atoms with E-state index in [9.17, 15) is 9.59 Å². The lowest BCUT2D eigenvalue weighted by Crippen LogP contribution is -2.32. The van der Waals surface area contributed by atoms with Gasteiger partial charge in [0.15, 0.2) is 0 Å². The Morgan fingerprint density at radius 2 is 1.90 bits per heavy atom. The number of hydrogen-bond acceptors (Lipinski definition) is 2. The minimum absolute atomic E-state index is 0.0650. The summed E-state index contributed by atoms with van der Waals surface area (Å²) in [6.07, 6.45) is 4.27. The van der Waals surface area contributed by atoms with Gasteiger partial charge in [0.05, 0.1) is 0 Å². The maximum atomic E-state index is 12.0. The van der Waals surface area contributed by atoms with Gasteiger partial charge >= 0.3 is 6.03 Å². The number of nitrogens with one attached hydrogen (secondary N) is 2. The van der Waals surface area contributed by atoms with Crippen LogP contribution in [0.25, 0.3) is 0 Å². The molecule has 5 heteroatoms. The second-order valence-corrected chi connectivity index (χ2v) is 5.45. The van der Waals surface area contributed by atoms with E-state index in [1.54, 1.807) is 23.1 Å². The molecule has 5 nitrogen and oxygen atoms in total. The Morgan fingerprint density at radius 3 is 2.60 bits per heavy atom. The number of nitrogens with zero attached hydrogens (tertiary/aromatic N) is 1. The first-order valence-electron chi connectivity index (χ1n) is 7.19. The highest BCUT2D eigenvalue weighted by Gasteiger charge is 2.24. The predicted octanol–water partition coefficient (Wildman–Crippen LogP) is 2.21. The smallest absolute Gasteiger partial charge is 0.321 e. The summed E-state index contributed by atoms with van der Waals surface area (Å²) in [4.78, 5) is 25.8. The molecule has 1 aliphatic heterocycles. The van der Waals surface area contributed by atoms with Crippen molar-refractivity contribution < 1.29 is 9.59 Å². The quantitative estimate of drug-likeness (QED) is 0.887. The number of urea groups is 1. The third-order valence-electron chi connectivity index (χ3n) is 3.68. The summed E-state index contributed by atoms with van der Waals surface area (Å²) in [6.45, 7) is 1.63. The van der Waals surface area contributed by atoms with Gasteiger partial charge in [-0.1, -0.05) is 6.07 Å². The van der Waals surface area contributed by atoms with Crippen molar-refractivity contribution >= 4 is 17.6 Å². The molecule has 1 saturated carbocycles. The molecule has 2 fully saturated rings. The molecule has 1 aromatic rings. The predicted molar refractivity (Wildman–Crippen MR) is 76.8 cm³/mol. The SMILES string of the molecule is O=C(NC1CC1)c1cccc(NC(=O)N2CCCC2)c1. The summed E-state index contributed by atoms with van der Waals surface area (Å²) in [5.74, 6) is -0.0650. The van der Waals surface area contributed by atoms with Crippen LogP contribution in [-0.2, 0) is 0 Å². The van der Waals surface area contributed by atoms with Crippen LogP contribution < -0.4 is 10.6 Å². The number of rotatable bonds is 3. The van der Waals surface area contributed by atoms with Crippen LogP contribution in [0.4, 0.5) is 10.5 Å². The van der Waals surface area contributed by atoms with Crippen LogP contribution in [0.1, 0.15) is 36.0 Å². The monoisotopic (exact) mass is 273 g/mol. The van der Waals surface area contributed by atoms with Crippen molar-refractivity contribution in [2.45, 2.75) is 31.7 Å². The fourth-order valence-electron chi connectivity index (χ4n) is 2.36. The molecule has 3 amide bonds. The summed E-state index contributed by atoms with van der Waals surface area (Å²) < 4.78 is 0. The van der Waals surface area contributed by atoms with Crippen molar-refractivity contribution in [1.82, 2.24) is 10.2 Å². The zero-order chi connectivity index (χ0) is 13.9. The molecule has 1 saturated heterocycles. The van der Waals surface area contributed by atoms with E-state index in [0.29, 0.717) is 17.3 Å². The number of carbonyl (C=O) groups excluding carboxylic acids is 2. The number of likely N-dealkylation sites (tertiary alicyclic amines) is 1. The number of benzene rings is 1. The molecule has 3 rings (SSSR count). The summed E-state index contributed by atoms with van der Waals surface area (Å²) in [5.41, 5.74) is 1.27. The molecule has 0 atom stereocenters. The fraction of sp³-hybridized carbons (Fsp3) is 0.467. The van der Waals surface area contributed by atoms with E-state index in [1.165, 1.54) is 0 Å². The fourth-order valence-corrected chi connectivity index (χ4v) is 2.36. The van der Waals surface area contributed by atoms with Gasteiger partial charge in [0.2, 0.25) is 0 Å². The van der Waals surface area contributed by atoms with Gasteiger partial charge in [-0.05, 0) is 43.9 Å². The third kappa shape index (κ3) is 3.10. The standard InChI is InChI=1S/C15H19N3O2/c19-14(16-12-6-7-12)11-4-3-5-13(10-11)17-15(20)18-8-1-2-9-18/h3-5,10,12H,1-2,6-9H2,(H,16,19)(H,17,20). The molecule has 1 heterocycles. The molecular weight excluding hydrogens is 254 g/mol. The lowest BCUT2D eigenvalue weighted by Gasteiger charge is -2.16. The Morgan fingerprint density at radius 1 is 1.15 bits per heavy atom. The molecule has 0 radical (unpaired) electrons. The van der Waals surface area contributed by atoms with E-state index in [-0.39, 0.29) is 11.9 Å². The molecule has 1 aliphatic carbocycles. The Labute approximate surface area is 118 Å². The van der Waals surface area contributed by atoms with Crippen LogP contribution in [0, 0.1) is 0 Å². The minimum Gasteiger partial charge on any atom is -0.349 e. The Kier molecular flexibility index (Phi) is 3.58. The third-order valence-corrected chi connectivity index (χ3v) is 3.68. The minimum atomic E-state index is -0.0812. The maximum absolute atomic E-state index is 12.0. The Hall–Kier alpha value is -2.04. The molecule has 0 aromatic heterocycles. The first kappa shape index (κ1) is 13.0. The number of hydrogen-bond donors (Lipinski definition) is 2. The van der Waals surface area contributed by atoms with Gasteiger partial charge < -0.3 is 15.5 Å². The van der Waals surface area contributed by atoms with Gasteiger partial charge in [-0.3, -0.25) is 4.79 Å². The van der Waals surface area contributed by atoms with E-state index >= 15 is 0 Å². The van der Waals surface area contributed by atoms with E-state index in [0.717, 1.165) is 38.8 Å². The van der Waals surface area contributed by atoms with Crippen molar-refractivity contribution in [2.24, 2.45) is 0 Å². The summed E-state index contributed by atoms with van der Waals surface area (Å²) in [6, 6.07) is 7.35. The van der Waals surface area contributed by atoms with Gasteiger partial charge in [0, 0.05) is 30.4 Å². The van der Waals surface area contributed by atoms with Crippen LogP contribution in [0.3, 0.4) is 0 Å². The van der Waals surface area contributed by atoms with Crippen LogP contribution in [0.5, 0.6) is 0 Å². The van der Waals surface area contributed by atoms with Gasteiger partial charge in [-0.2, -0.15) is 0 Å². The largest absolute Gasteiger partial charge is 0.349 e. The average Bonchev–Trinajstić information content (AvgIpc) is 3.08. The van der Waals surface area contributed by atoms with Gasteiger partial charge in [0.1, 0.15) is 0 Å². The molecule has 0 spiro atoms. The number of amides is 3. The van der Waals surface area contributed by atoms with Gasteiger partial charge in [-0.25, -0.2) is 4.79 Å². The lowest BCUT2D eigenvalue weighted by atomic mass is 10.2. The molecular formula is C15H19N3O2. The number of anilines is 1. The van der Waals surface area contributed by atoms with E-state index in [2.05, 4.69) is 10.6 Å². The van der Waals surface area contributed by atoms with Crippen molar-refractivity contribution in [3.05, 3.63) is 29.8 Å².